The monoisotopic (exact) mass is 336 g/mol. The Hall–Kier alpha value is -1.82. The summed E-state index contributed by atoms with van der Waals surface area (Å²) in [6.45, 7) is -1.48. The third-order valence-corrected chi connectivity index (χ3v) is 3.16. The van der Waals surface area contributed by atoms with Crippen molar-refractivity contribution in [2.24, 2.45) is 0 Å². The van der Waals surface area contributed by atoms with Crippen LogP contribution in [0.1, 0.15) is 11.1 Å². The smallest absolute Gasteiger partial charge is 0.422 e. The van der Waals surface area contributed by atoms with E-state index < -0.39 is 18.7 Å². The topological polar surface area (TPSA) is 9.23 Å². The molecule has 0 spiro atoms. The third-order valence-electron chi connectivity index (χ3n) is 2.83. The molecule has 2 aromatic rings. The minimum atomic E-state index is -4.49. The second-order valence-corrected chi connectivity index (χ2v) is 4.89. The molecule has 0 saturated heterocycles. The van der Waals surface area contributed by atoms with Crippen molar-refractivity contribution in [3.63, 3.8) is 0 Å². The summed E-state index contributed by atoms with van der Waals surface area (Å²) in [5.41, 5.74) is -0.763. The molecule has 0 aliphatic heterocycles. The molecule has 0 saturated carbocycles. The van der Waals surface area contributed by atoms with E-state index >= 15 is 0 Å². The average molecular weight is 337 g/mol. The molecule has 0 heterocycles. The molecule has 0 N–H and O–H groups in total. The molecule has 0 aromatic heterocycles. The molecule has 0 aliphatic rings. The van der Waals surface area contributed by atoms with E-state index in [2.05, 4.69) is 4.74 Å². The number of ether oxygens (including phenoxy) is 1. The molecule has 0 amide bonds. The highest BCUT2D eigenvalue weighted by Crippen LogP contribution is 2.39. The van der Waals surface area contributed by atoms with Crippen LogP contribution in [0.4, 0.5) is 22.0 Å². The number of alkyl halides is 5. The van der Waals surface area contributed by atoms with Gasteiger partial charge >= 0.3 is 6.18 Å². The van der Waals surface area contributed by atoms with Crippen molar-refractivity contribution < 1.29 is 26.7 Å². The van der Waals surface area contributed by atoms with Crippen molar-refractivity contribution >= 4 is 11.6 Å². The second kappa shape index (κ2) is 6.12. The molecule has 0 radical (unpaired) electrons. The number of halogens is 6. The van der Waals surface area contributed by atoms with Gasteiger partial charge in [0.25, 0.3) is 5.92 Å². The van der Waals surface area contributed by atoms with Gasteiger partial charge in [-0.05, 0) is 30.3 Å². The zero-order valence-electron chi connectivity index (χ0n) is 11.0. The quantitative estimate of drug-likeness (QED) is 0.677. The van der Waals surface area contributed by atoms with Crippen LogP contribution < -0.4 is 4.74 Å². The lowest BCUT2D eigenvalue weighted by molar-refractivity contribution is -0.153. The highest BCUT2D eigenvalue weighted by atomic mass is 35.5. The Kier molecular flexibility index (Phi) is 4.60. The first-order valence-corrected chi connectivity index (χ1v) is 6.51. The molecule has 2 rings (SSSR count). The van der Waals surface area contributed by atoms with Crippen molar-refractivity contribution in [1.29, 1.82) is 0 Å². The Labute approximate surface area is 128 Å². The van der Waals surface area contributed by atoms with Crippen LogP contribution in [0.2, 0.25) is 5.02 Å². The number of hydrogen-bond donors (Lipinski definition) is 0. The minimum absolute atomic E-state index is 0.0927. The molecule has 0 bridgehead atoms. The maximum absolute atomic E-state index is 14.4. The van der Waals surface area contributed by atoms with Gasteiger partial charge in [0, 0.05) is 11.1 Å². The van der Waals surface area contributed by atoms with Crippen LogP contribution in [0.25, 0.3) is 0 Å². The summed E-state index contributed by atoms with van der Waals surface area (Å²) < 4.78 is 69.2. The van der Waals surface area contributed by atoms with Gasteiger partial charge < -0.3 is 4.74 Å². The molecule has 0 unspecified atom stereocenters. The zero-order valence-corrected chi connectivity index (χ0v) is 11.8. The molecular weight excluding hydrogens is 327 g/mol. The fourth-order valence-corrected chi connectivity index (χ4v) is 2.05. The first kappa shape index (κ1) is 16.5. The van der Waals surface area contributed by atoms with Gasteiger partial charge in [-0.25, -0.2) is 0 Å². The Morgan fingerprint density at radius 1 is 0.864 bits per heavy atom. The van der Waals surface area contributed by atoms with E-state index in [1.54, 1.807) is 0 Å². The van der Waals surface area contributed by atoms with Crippen molar-refractivity contribution in [2.45, 2.75) is 12.1 Å². The van der Waals surface area contributed by atoms with Gasteiger partial charge in [0.1, 0.15) is 5.75 Å². The summed E-state index contributed by atoms with van der Waals surface area (Å²) in [5, 5.41) is -0.0927. The van der Waals surface area contributed by atoms with Gasteiger partial charge in [-0.2, -0.15) is 22.0 Å². The van der Waals surface area contributed by atoms with Gasteiger partial charge in [-0.15, -0.1) is 0 Å². The highest BCUT2D eigenvalue weighted by Gasteiger charge is 2.36. The van der Waals surface area contributed by atoms with Gasteiger partial charge in [-0.3, -0.25) is 0 Å². The zero-order chi connectivity index (χ0) is 16.4. The van der Waals surface area contributed by atoms with Crippen LogP contribution in [0, 0.1) is 0 Å². The largest absolute Gasteiger partial charge is 0.484 e. The Bertz CT molecular complexity index is 637. The number of rotatable bonds is 4. The van der Waals surface area contributed by atoms with Crippen molar-refractivity contribution in [3.8, 4) is 5.75 Å². The lowest BCUT2D eigenvalue weighted by Gasteiger charge is -2.19. The van der Waals surface area contributed by atoms with Crippen LogP contribution >= 0.6 is 11.6 Å². The first-order valence-electron chi connectivity index (χ1n) is 6.13. The molecule has 0 atom stereocenters. The maximum atomic E-state index is 14.4. The fraction of sp³-hybridized carbons (Fsp3) is 0.200. The number of benzene rings is 2. The SMILES string of the molecule is FC(F)(F)COc1ccc(C(F)(F)c2ccccc2Cl)cc1. The van der Waals surface area contributed by atoms with E-state index in [4.69, 9.17) is 11.6 Å². The maximum Gasteiger partial charge on any atom is 0.422 e. The van der Waals surface area contributed by atoms with Crippen molar-refractivity contribution in [1.82, 2.24) is 0 Å². The Balaban J connectivity index is 2.21. The summed E-state index contributed by atoms with van der Waals surface area (Å²) in [6, 6.07) is 9.62. The Morgan fingerprint density at radius 3 is 2.00 bits per heavy atom. The van der Waals surface area contributed by atoms with Crippen molar-refractivity contribution in [3.05, 3.63) is 64.7 Å². The molecular formula is C15H10ClF5O. The normalized spacial score (nSPS) is 12.3. The van der Waals surface area contributed by atoms with Crippen molar-refractivity contribution in [2.75, 3.05) is 6.61 Å². The van der Waals surface area contributed by atoms with E-state index in [0.29, 0.717) is 0 Å². The van der Waals surface area contributed by atoms with E-state index in [-0.39, 0.29) is 21.9 Å². The van der Waals surface area contributed by atoms with E-state index in [1.807, 2.05) is 0 Å². The highest BCUT2D eigenvalue weighted by molar-refractivity contribution is 6.31. The molecule has 1 nitrogen and oxygen atoms in total. The lowest BCUT2D eigenvalue weighted by Crippen LogP contribution is -2.19. The standard InChI is InChI=1S/C15H10ClF5O/c16-13-4-2-1-3-12(13)15(20,21)10-5-7-11(8-6-10)22-9-14(17,18)19/h1-8H,9H2. The minimum Gasteiger partial charge on any atom is -0.484 e. The van der Waals surface area contributed by atoms with Gasteiger partial charge in [0.15, 0.2) is 6.61 Å². The fourth-order valence-electron chi connectivity index (χ4n) is 1.80. The third kappa shape index (κ3) is 3.88. The molecule has 2 aromatic carbocycles. The Morgan fingerprint density at radius 2 is 1.45 bits per heavy atom. The van der Waals surface area contributed by atoms with Crippen LogP contribution in [0.15, 0.2) is 48.5 Å². The summed E-state index contributed by atoms with van der Waals surface area (Å²) in [7, 11) is 0. The lowest BCUT2D eigenvalue weighted by atomic mass is 10.0. The molecule has 7 heteroatoms. The summed E-state index contributed by atoms with van der Waals surface area (Å²) in [5.74, 6) is -3.50. The predicted octanol–water partition coefficient (Wildman–Crippen LogP) is 5.42. The molecule has 0 aliphatic carbocycles. The first-order chi connectivity index (χ1) is 10.2. The van der Waals surface area contributed by atoms with Crippen LogP contribution in [-0.2, 0) is 5.92 Å². The van der Waals surface area contributed by atoms with E-state index in [1.165, 1.54) is 24.3 Å². The summed E-state index contributed by atoms with van der Waals surface area (Å²) in [4.78, 5) is 0. The van der Waals surface area contributed by atoms with Crippen LogP contribution in [-0.4, -0.2) is 12.8 Å². The molecule has 22 heavy (non-hydrogen) atoms. The number of hydrogen-bond acceptors (Lipinski definition) is 1. The summed E-state index contributed by atoms with van der Waals surface area (Å²) >= 11 is 5.76. The molecule has 0 fully saturated rings. The van der Waals surface area contributed by atoms with E-state index in [0.717, 1.165) is 24.3 Å². The van der Waals surface area contributed by atoms with Crippen LogP contribution in [0.5, 0.6) is 5.75 Å². The van der Waals surface area contributed by atoms with E-state index in [9.17, 15) is 22.0 Å². The van der Waals surface area contributed by atoms with Gasteiger partial charge in [0.2, 0.25) is 0 Å². The average Bonchev–Trinajstić information content (AvgIpc) is 2.45. The van der Waals surface area contributed by atoms with Gasteiger partial charge in [-0.1, -0.05) is 29.8 Å². The summed E-state index contributed by atoms with van der Waals surface area (Å²) in [6.07, 6.45) is -4.49. The second-order valence-electron chi connectivity index (χ2n) is 4.48. The van der Waals surface area contributed by atoms with Gasteiger partial charge in [0.05, 0.1) is 5.02 Å². The predicted molar refractivity (Wildman–Crippen MR) is 72.4 cm³/mol. The van der Waals surface area contributed by atoms with Crippen LogP contribution in [0.3, 0.4) is 0 Å². The molecule has 118 valence electrons.